The first-order valence-corrected chi connectivity index (χ1v) is 8.47. The maximum Gasteiger partial charge on any atom is 0.227 e. The second-order valence-electron chi connectivity index (χ2n) is 6.39. The minimum Gasteiger partial charge on any atom is -0.496 e. The molecular formula is C20H25ClN2O2. The van der Waals surface area contributed by atoms with Gasteiger partial charge in [0.1, 0.15) is 5.75 Å². The third-order valence-electron chi connectivity index (χ3n) is 4.63. The number of hydrogen-bond acceptors (Lipinski definition) is 3. The summed E-state index contributed by atoms with van der Waals surface area (Å²) in [5, 5.41) is 3.04. The molecule has 2 unspecified atom stereocenters. The molecule has 0 spiro atoms. The lowest BCUT2D eigenvalue weighted by molar-refractivity contribution is -0.120. The maximum absolute atomic E-state index is 12.5. The summed E-state index contributed by atoms with van der Waals surface area (Å²) in [5.74, 6) is 0.908. The standard InChI is InChI=1S/C20H24N2O2.ClH/c1-24-19-11-3-2-10-18(19)14-6-5-9-17(13-14)22-20(23)15-7-4-8-16(21)12-15;/h2-3,5-6,9-11,13,15-16H,4,7-8,12,21H2,1H3,(H,22,23);1H. The number of ether oxygens (including phenoxy) is 1. The molecule has 2 aromatic rings. The van der Waals surface area contributed by atoms with Gasteiger partial charge in [-0.3, -0.25) is 4.79 Å². The molecule has 1 saturated carbocycles. The summed E-state index contributed by atoms with van der Waals surface area (Å²) in [7, 11) is 1.66. The number of halogens is 1. The van der Waals surface area contributed by atoms with Crippen molar-refractivity contribution >= 4 is 24.0 Å². The highest BCUT2D eigenvalue weighted by atomic mass is 35.5. The Morgan fingerprint density at radius 3 is 2.72 bits per heavy atom. The molecule has 1 aliphatic rings. The molecule has 0 aromatic heterocycles. The molecule has 5 heteroatoms. The second kappa shape index (κ2) is 8.88. The third-order valence-corrected chi connectivity index (χ3v) is 4.63. The molecule has 3 N–H and O–H groups in total. The van der Waals surface area contributed by atoms with E-state index in [0.717, 1.165) is 48.2 Å². The molecule has 134 valence electrons. The minimum atomic E-state index is 0. The molecule has 0 radical (unpaired) electrons. The monoisotopic (exact) mass is 360 g/mol. The molecule has 0 heterocycles. The Labute approximate surface area is 155 Å². The Bertz CT molecular complexity index is 720. The molecular weight excluding hydrogens is 336 g/mol. The van der Waals surface area contributed by atoms with Crippen LogP contribution in [0.25, 0.3) is 11.1 Å². The number of para-hydroxylation sites is 1. The summed E-state index contributed by atoms with van der Waals surface area (Å²) in [6.07, 6.45) is 3.75. The maximum atomic E-state index is 12.5. The molecule has 1 amide bonds. The van der Waals surface area contributed by atoms with Crippen LogP contribution in [-0.2, 0) is 4.79 Å². The fourth-order valence-electron chi connectivity index (χ4n) is 3.36. The van der Waals surface area contributed by atoms with E-state index in [1.807, 2.05) is 48.5 Å². The van der Waals surface area contributed by atoms with Gasteiger partial charge in [-0.1, -0.05) is 36.8 Å². The molecule has 1 aliphatic carbocycles. The highest BCUT2D eigenvalue weighted by Gasteiger charge is 2.25. The van der Waals surface area contributed by atoms with Crippen LogP contribution in [0.3, 0.4) is 0 Å². The molecule has 4 nitrogen and oxygen atoms in total. The Morgan fingerprint density at radius 1 is 1.16 bits per heavy atom. The first-order valence-electron chi connectivity index (χ1n) is 8.47. The molecule has 2 aromatic carbocycles. The van der Waals surface area contributed by atoms with E-state index < -0.39 is 0 Å². The minimum absolute atomic E-state index is 0. The molecule has 0 saturated heterocycles. The number of methoxy groups -OCH3 is 1. The zero-order valence-corrected chi connectivity index (χ0v) is 15.2. The highest BCUT2D eigenvalue weighted by molar-refractivity contribution is 5.93. The number of anilines is 1. The van der Waals surface area contributed by atoms with Gasteiger partial charge in [0, 0.05) is 23.2 Å². The van der Waals surface area contributed by atoms with Crippen molar-refractivity contribution in [1.82, 2.24) is 0 Å². The Hall–Kier alpha value is -2.04. The summed E-state index contributed by atoms with van der Waals surface area (Å²) in [4.78, 5) is 12.5. The van der Waals surface area contributed by atoms with Crippen LogP contribution in [0.5, 0.6) is 5.75 Å². The fourth-order valence-corrected chi connectivity index (χ4v) is 3.36. The van der Waals surface area contributed by atoms with Crippen LogP contribution in [0.2, 0.25) is 0 Å². The van der Waals surface area contributed by atoms with Crippen molar-refractivity contribution in [1.29, 1.82) is 0 Å². The average molecular weight is 361 g/mol. The average Bonchev–Trinajstić information content (AvgIpc) is 2.62. The van der Waals surface area contributed by atoms with Crippen molar-refractivity contribution < 1.29 is 9.53 Å². The molecule has 1 fully saturated rings. The van der Waals surface area contributed by atoms with E-state index in [1.165, 1.54) is 0 Å². The third kappa shape index (κ3) is 4.74. The number of rotatable bonds is 4. The van der Waals surface area contributed by atoms with Crippen LogP contribution in [-0.4, -0.2) is 19.1 Å². The van der Waals surface area contributed by atoms with Gasteiger partial charge >= 0.3 is 0 Å². The lowest BCUT2D eigenvalue weighted by atomic mass is 9.85. The number of carbonyl (C=O) groups excluding carboxylic acids is 1. The van der Waals surface area contributed by atoms with Crippen LogP contribution >= 0.6 is 12.4 Å². The molecule has 25 heavy (non-hydrogen) atoms. The lowest BCUT2D eigenvalue weighted by Gasteiger charge is -2.25. The Kier molecular flexibility index (Phi) is 6.85. The zero-order chi connectivity index (χ0) is 16.9. The van der Waals surface area contributed by atoms with E-state index in [-0.39, 0.29) is 30.3 Å². The number of amides is 1. The van der Waals surface area contributed by atoms with Gasteiger partial charge in [0.15, 0.2) is 0 Å². The predicted octanol–water partition coefficient (Wildman–Crippen LogP) is 4.24. The summed E-state index contributed by atoms with van der Waals surface area (Å²) in [6.45, 7) is 0. The van der Waals surface area contributed by atoms with Gasteiger partial charge in [-0.25, -0.2) is 0 Å². The number of benzene rings is 2. The smallest absolute Gasteiger partial charge is 0.227 e. The Balaban J connectivity index is 0.00000225. The molecule has 2 atom stereocenters. The van der Waals surface area contributed by atoms with E-state index in [4.69, 9.17) is 10.5 Å². The van der Waals surface area contributed by atoms with E-state index in [0.29, 0.717) is 0 Å². The molecule has 0 bridgehead atoms. The quantitative estimate of drug-likeness (QED) is 0.857. The van der Waals surface area contributed by atoms with Crippen molar-refractivity contribution in [2.24, 2.45) is 11.7 Å². The summed E-state index contributed by atoms with van der Waals surface area (Å²) >= 11 is 0. The molecule has 3 rings (SSSR count). The van der Waals surface area contributed by atoms with Crippen LogP contribution in [0.4, 0.5) is 5.69 Å². The number of hydrogen-bond donors (Lipinski definition) is 2. The van der Waals surface area contributed by atoms with Gasteiger partial charge < -0.3 is 15.8 Å². The van der Waals surface area contributed by atoms with Crippen molar-refractivity contribution in [2.45, 2.75) is 31.7 Å². The van der Waals surface area contributed by atoms with E-state index in [1.54, 1.807) is 7.11 Å². The number of nitrogens with two attached hydrogens (primary N) is 1. The van der Waals surface area contributed by atoms with E-state index in [9.17, 15) is 4.79 Å². The summed E-state index contributed by atoms with van der Waals surface area (Å²) in [6, 6.07) is 15.9. The van der Waals surface area contributed by atoms with Gasteiger partial charge in [-0.15, -0.1) is 12.4 Å². The van der Waals surface area contributed by atoms with Crippen molar-refractivity contribution in [3.05, 3.63) is 48.5 Å². The summed E-state index contributed by atoms with van der Waals surface area (Å²) < 4.78 is 5.43. The highest BCUT2D eigenvalue weighted by Crippen LogP contribution is 2.31. The number of nitrogens with one attached hydrogen (secondary N) is 1. The van der Waals surface area contributed by atoms with Crippen LogP contribution in [0.15, 0.2) is 48.5 Å². The number of carbonyl (C=O) groups is 1. The lowest BCUT2D eigenvalue weighted by Crippen LogP contribution is -2.34. The summed E-state index contributed by atoms with van der Waals surface area (Å²) in [5.41, 5.74) is 8.83. The zero-order valence-electron chi connectivity index (χ0n) is 14.4. The van der Waals surface area contributed by atoms with Gasteiger partial charge in [-0.2, -0.15) is 0 Å². The first kappa shape index (κ1) is 19.3. The van der Waals surface area contributed by atoms with Gasteiger partial charge in [-0.05, 0) is 43.0 Å². The SMILES string of the molecule is COc1ccccc1-c1cccc(NC(=O)C2CCCC(N)C2)c1.Cl. The van der Waals surface area contributed by atoms with Crippen LogP contribution in [0.1, 0.15) is 25.7 Å². The van der Waals surface area contributed by atoms with E-state index >= 15 is 0 Å². The van der Waals surface area contributed by atoms with Gasteiger partial charge in [0.2, 0.25) is 5.91 Å². The topological polar surface area (TPSA) is 64.3 Å². The van der Waals surface area contributed by atoms with Crippen molar-refractivity contribution in [3.63, 3.8) is 0 Å². The largest absolute Gasteiger partial charge is 0.496 e. The normalized spacial score (nSPS) is 19.6. The van der Waals surface area contributed by atoms with Crippen molar-refractivity contribution in [3.8, 4) is 16.9 Å². The van der Waals surface area contributed by atoms with Crippen LogP contribution < -0.4 is 15.8 Å². The predicted molar refractivity (Wildman–Crippen MR) is 104 cm³/mol. The van der Waals surface area contributed by atoms with Gasteiger partial charge in [0.05, 0.1) is 7.11 Å². The van der Waals surface area contributed by atoms with E-state index in [2.05, 4.69) is 5.32 Å². The van der Waals surface area contributed by atoms with Gasteiger partial charge in [0.25, 0.3) is 0 Å². The Morgan fingerprint density at radius 2 is 1.96 bits per heavy atom. The second-order valence-corrected chi connectivity index (χ2v) is 6.39. The fraction of sp³-hybridized carbons (Fsp3) is 0.350. The van der Waals surface area contributed by atoms with Crippen LogP contribution in [0, 0.1) is 5.92 Å². The van der Waals surface area contributed by atoms with Crippen molar-refractivity contribution in [2.75, 3.05) is 12.4 Å². The first-order chi connectivity index (χ1) is 11.7. The molecule has 0 aliphatic heterocycles.